The molecular formula is C14H17N3O2. The molecule has 0 spiro atoms. The first-order chi connectivity index (χ1) is 9.20. The second-order valence-corrected chi connectivity index (χ2v) is 5.01. The monoisotopic (exact) mass is 259 g/mol. The number of carboxylic acid groups (broad SMARTS) is 1. The highest BCUT2D eigenvalue weighted by Crippen LogP contribution is 2.31. The molecule has 5 nitrogen and oxygen atoms in total. The van der Waals surface area contributed by atoms with Gasteiger partial charge in [-0.25, -0.2) is 4.98 Å². The first-order valence-electron chi connectivity index (χ1n) is 6.54. The Balaban J connectivity index is 2.18. The van der Waals surface area contributed by atoms with Gasteiger partial charge in [0.15, 0.2) is 0 Å². The lowest BCUT2D eigenvalue weighted by Gasteiger charge is -2.23. The van der Waals surface area contributed by atoms with Crippen LogP contribution >= 0.6 is 0 Å². The van der Waals surface area contributed by atoms with Gasteiger partial charge in [0.1, 0.15) is 12.2 Å². The topological polar surface area (TPSA) is 67.2 Å². The van der Waals surface area contributed by atoms with Crippen LogP contribution in [0.2, 0.25) is 0 Å². The summed E-state index contributed by atoms with van der Waals surface area (Å²) in [5.41, 5.74) is 3.20. The van der Waals surface area contributed by atoms with Gasteiger partial charge in [-0.05, 0) is 44.0 Å². The van der Waals surface area contributed by atoms with Crippen LogP contribution < -0.4 is 5.32 Å². The third-order valence-electron chi connectivity index (χ3n) is 3.92. The van der Waals surface area contributed by atoms with Gasteiger partial charge in [0.2, 0.25) is 0 Å². The maximum atomic E-state index is 11.1. The average molecular weight is 259 g/mol. The second-order valence-electron chi connectivity index (χ2n) is 5.01. The number of carbonyl (C=O) groups is 1. The van der Waals surface area contributed by atoms with Crippen LogP contribution in [-0.4, -0.2) is 33.7 Å². The van der Waals surface area contributed by atoms with Gasteiger partial charge in [-0.1, -0.05) is 0 Å². The van der Waals surface area contributed by atoms with E-state index in [4.69, 9.17) is 5.11 Å². The van der Waals surface area contributed by atoms with Gasteiger partial charge in [0, 0.05) is 23.3 Å². The van der Waals surface area contributed by atoms with Crippen molar-refractivity contribution < 1.29 is 9.90 Å². The fraction of sp³-hybridized carbons (Fsp3) is 0.429. The van der Waals surface area contributed by atoms with Gasteiger partial charge in [-0.2, -0.15) is 0 Å². The molecule has 0 saturated carbocycles. The molecule has 5 heteroatoms. The molecule has 2 N–H and O–H groups in total. The number of carboxylic acids is 1. The van der Waals surface area contributed by atoms with Gasteiger partial charge in [-0.15, -0.1) is 0 Å². The molecular weight excluding hydrogens is 242 g/mol. The number of nitrogens with one attached hydrogen (secondary N) is 1. The number of likely N-dealkylation sites (N-methyl/N-ethyl adjacent to an activating group) is 1. The third kappa shape index (κ3) is 2.00. The minimum Gasteiger partial charge on any atom is -0.480 e. The average Bonchev–Trinajstić information content (AvgIpc) is 2.73. The van der Waals surface area contributed by atoms with E-state index in [1.807, 2.05) is 23.7 Å². The van der Waals surface area contributed by atoms with E-state index in [2.05, 4.69) is 10.3 Å². The minimum absolute atomic E-state index is 0.00688. The predicted octanol–water partition coefficient (Wildman–Crippen LogP) is 1.20. The first-order valence-corrected chi connectivity index (χ1v) is 6.54. The summed E-state index contributed by atoms with van der Waals surface area (Å²) < 4.78 is 1.86. The predicted molar refractivity (Wildman–Crippen MR) is 72.2 cm³/mol. The molecule has 100 valence electrons. The largest absolute Gasteiger partial charge is 0.480 e. The zero-order valence-electron chi connectivity index (χ0n) is 10.9. The molecule has 0 amide bonds. The van der Waals surface area contributed by atoms with Crippen molar-refractivity contribution in [1.82, 2.24) is 14.9 Å². The van der Waals surface area contributed by atoms with Crippen molar-refractivity contribution in [1.29, 1.82) is 0 Å². The van der Waals surface area contributed by atoms with Gasteiger partial charge in [0.25, 0.3) is 0 Å². The summed E-state index contributed by atoms with van der Waals surface area (Å²) >= 11 is 0. The number of hydrogen-bond donors (Lipinski definition) is 2. The molecule has 3 rings (SSSR count). The molecule has 0 bridgehead atoms. The molecule has 19 heavy (non-hydrogen) atoms. The summed E-state index contributed by atoms with van der Waals surface area (Å²) in [6.07, 6.45) is 4.62. The highest BCUT2D eigenvalue weighted by atomic mass is 16.4. The van der Waals surface area contributed by atoms with Crippen molar-refractivity contribution in [3.63, 3.8) is 0 Å². The third-order valence-corrected chi connectivity index (χ3v) is 3.92. The molecule has 1 aliphatic rings. The van der Waals surface area contributed by atoms with E-state index in [9.17, 15) is 4.79 Å². The summed E-state index contributed by atoms with van der Waals surface area (Å²) in [4.78, 5) is 15.4. The van der Waals surface area contributed by atoms with Crippen molar-refractivity contribution in [2.45, 2.75) is 31.8 Å². The number of nitrogens with zero attached hydrogens (tertiary/aromatic N) is 2. The maximum Gasteiger partial charge on any atom is 0.323 e. The van der Waals surface area contributed by atoms with E-state index in [-0.39, 0.29) is 6.54 Å². The van der Waals surface area contributed by atoms with Crippen LogP contribution in [0.15, 0.2) is 18.3 Å². The van der Waals surface area contributed by atoms with Crippen molar-refractivity contribution in [2.75, 3.05) is 7.05 Å². The Morgan fingerprint density at radius 3 is 3.21 bits per heavy atom. The summed E-state index contributed by atoms with van der Waals surface area (Å²) in [7, 11) is 1.98. The molecule has 1 unspecified atom stereocenters. The van der Waals surface area contributed by atoms with Crippen LogP contribution in [0.5, 0.6) is 0 Å². The van der Waals surface area contributed by atoms with Gasteiger partial charge < -0.3 is 15.0 Å². The van der Waals surface area contributed by atoms with Crippen molar-refractivity contribution in [2.24, 2.45) is 0 Å². The molecule has 0 fully saturated rings. The summed E-state index contributed by atoms with van der Waals surface area (Å²) in [5, 5.41) is 13.5. The van der Waals surface area contributed by atoms with E-state index in [1.165, 1.54) is 5.56 Å². The minimum atomic E-state index is -0.818. The van der Waals surface area contributed by atoms with Crippen molar-refractivity contribution in [3.05, 3.63) is 29.6 Å². The highest BCUT2D eigenvalue weighted by Gasteiger charge is 2.25. The smallest absolute Gasteiger partial charge is 0.323 e. The van der Waals surface area contributed by atoms with Crippen LogP contribution in [0.4, 0.5) is 0 Å². The van der Waals surface area contributed by atoms with Crippen LogP contribution in [0.3, 0.4) is 0 Å². The summed E-state index contributed by atoms with van der Waals surface area (Å²) in [6.45, 7) is -0.00688. The molecule has 0 saturated heterocycles. The van der Waals surface area contributed by atoms with Gasteiger partial charge in [0.05, 0.1) is 0 Å². The van der Waals surface area contributed by atoms with E-state index < -0.39 is 5.97 Å². The lowest BCUT2D eigenvalue weighted by Crippen LogP contribution is -2.32. The Hall–Kier alpha value is -1.88. The lowest BCUT2D eigenvalue weighted by molar-refractivity contribution is -0.137. The normalized spacial score (nSPS) is 18.5. The van der Waals surface area contributed by atoms with E-state index >= 15 is 0 Å². The fourth-order valence-corrected chi connectivity index (χ4v) is 3.02. The quantitative estimate of drug-likeness (QED) is 0.869. The second kappa shape index (κ2) is 4.66. The Bertz CT molecular complexity index is 633. The molecule has 0 aliphatic heterocycles. The number of aromatic nitrogens is 2. The SMILES string of the molecule is CNC1CCc2c(c3cccnc3n2CC(=O)O)C1. The van der Waals surface area contributed by atoms with Crippen molar-refractivity contribution >= 4 is 17.0 Å². The van der Waals surface area contributed by atoms with E-state index in [1.54, 1.807) is 6.20 Å². The van der Waals surface area contributed by atoms with E-state index in [0.29, 0.717) is 6.04 Å². The van der Waals surface area contributed by atoms with Crippen molar-refractivity contribution in [3.8, 4) is 0 Å². The Labute approximate surface area is 111 Å². The van der Waals surface area contributed by atoms with Gasteiger partial charge in [-0.3, -0.25) is 4.79 Å². The van der Waals surface area contributed by atoms with E-state index in [0.717, 1.165) is 36.0 Å². The molecule has 1 aliphatic carbocycles. The highest BCUT2D eigenvalue weighted by molar-refractivity contribution is 5.84. The zero-order valence-corrected chi connectivity index (χ0v) is 10.9. The number of pyridine rings is 1. The Kier molecular flexibility index (Phi) is 2.98. The molecule has 2 heterocycles. The standard InChI is InChI=1S/C14H17N3O2/c1-15-9-4-5-12-11(7-9)10-3-2-6-16-14(10)17(12)8-13(18)19/h2-3,6,9,15H,4-5,7-8H2,1H3,(H,18,19). The van der Waals surface area contributed by atoms with Gasteiger partial charge >= 0.3 is 5.97 Å². The first kappa shape index (κ1) is 12.2. The number of rotatable bonds is 3. The molecule has 0 radical (unpaired) electrons. The number of aliphatic carboxylic acids is 1. The van der Waals surface area contributed by atoms with Crippen LogP contribution in [0.1, 0.15) is 17.7 Å². The lowest BCUT2D eigenvalue weighted by atomic mass is 9.92. The summed E-state index contributed by atoms with van der Waals surface area (Å²) in [5.74, 6) is -0.818. The molecule has 0 aromatic carbocycles. The van der Waals surface area contributed by atoms with Crippen LogP contribution in [0.25, 0.3) is 11.0 Å². The molecule has 1 atom stereocenters. The number of fused-ring (bicyclic) bond motifs is 3. The Morgan fingerprint density at radius 2 is 2.47 bits per heavy atom. The fourth-order valence-electron chi connectivity index (χ4n) is 3.02. The summed E-state index contributed by atoms with van der Waals surface area (Å²) in [6, 6.07) is 4.42. The molecule has 2 aromatic rings. The number of hydrogen-bond acceptors (Lipinski definition) is 3. The molecule has 2 aromatic heterocycles. The Morgan fingerprint density at radius 1 is 1.63 bits per heavy atom. The maximum absolute atomic E-state index is 11.1. The zero-order chi connectivity index (χ0) is 13.4. The van der Waals surface area contributed by atoms with Crippen LogP contribution in [-0.2, 0) is 24.2 Å². The van der Waals surface area contributed by atoms with Crippen LogP contribution in [0, 0.1) is 0 Å².